The number of halogens is 1. The Hall–Kier alpha value is -1.11. The molecule has 5 nitrogen and oxygen atoms in total. The third-order valence-corrected chi connectivity index (χ3v) is 3.63. The van der Waals surface area contributed by atoms with Gasteiger partial charge in [-0.25, -0.2) is 13.1 Å². The van der Waals surface area contributed by atoms with Crippen molar-refractivity contribution in [3.63, 3.8) is 0 Å². The number of carboxylic acids is 1. The highest BCUT2D eigenvalue weighted by Gasteiger charge is 2.19. The van der Waals surface area contributed by atoms with Crippen LogP contribution in [0, 0.1) is 0 Å². The number of carbonyl (C=O) groups is 1. The smallest absolute Gasteiger partial charge is 0.320 e. The zero-order chi connectivity index (χ0) is 13.1. The molecule has 0 radical (unpaired) electrons. The molecule has 2 N–H and O–H groups in total. The first-order valence-electron chi connectivity index (χ1n) is 4.77. The molecule has 0 heterocycles. The van der Waals surface area contributed by atoms with Gasteiger partial charge in [0.25, 0.3) is 0 Å². The topological polar surface area (TPSA) is 83.5 Å². The molecule has 0 saturated heterocycles. The molecule has 1 aromatic rings. The standard InChI is InChI=1S/C10H12ClNO4S/c1-7(8-2-4-9(11)5-3-8)12-17(15,16)6-10(13)14/h2-5,7,12H,6H2,1H3,(H,13,14)/t7-/m0/s1. The minimum atomic E-state index is -3.82. The van der Waals surface area contributed by atoms with Gasteiger partial charge >= 0.3 is 5.97 Å². The Labute approximate surface area is 104 Å². The Bertz CT molecular complexity index is 498. The number of hydrogen-bond donors (Lipinski definition) is 2. The molecule has 0 unspecified atom stereocenters. The van der Waals surface area contributed by atoms with Gasteiger partial charge in [0.1, 0.15) is 0 Å². The zero-order valence-corrected chi connectivity index (χ0v) is 10.6. The zero-order valence-electron chi connectivity index (χ0n) is 9.05. The molecule has 1 aromatic carbocycles. The number of nitrogens with one attached hydrogen (secondary N) is 1. The van der Waals surface area contributed by atoms with Crippen molar-refractivity contribution in [2.45, 2.75) is 13.0 Å². The molecular weight excluding hydrogens is 266 g/mol. The molecule has 0 fully saturated rings. The normalized spacial score (nSPS) is 13.3. The first-order valence-corrected chi connectivity index (χ1v) is 6.80. The van der Waals surface area contributed by atoms with E-state index in [1.807, 2.05) is 0 Å². The highest BCUT2D eigenvalue weighted by Crippen LogP contribution is 2.16. The van der Waals surface area contributed by atoms with Crippen molar-refractivity contribution >= 4 is 27.6 Å². The number of benzene rings is 1. The van der Waals surface area contributed by atoms with E-state index in [9.17, 15) is 13.2 Å². The van der Waals surface area contributed by atoms with E-state index in [0.717, 1.165) is 0 Å². The van der Waals surface area contributed by atoms with E-state index in [0.29, 0.717) is 10.6 Å². The molecule has 1 rings (SSSR count). The van der Waals surface area contributed by atoms with E-state index in [1.165, 1.54) is 0 Å². The molecule has 0 spiro atoms. The first kappa shape index (κ1) is 14.0. The van der Waals surface area contributed by atoms with Gasteiger partial charge in [0.2, 0.25) is 10.0 Å². The van der Waals surface area contributed by atoms with Crippen LogP contribution in [0.2, 0.25) is 5.02 Å². The van der Waals surface area contributed by atoms with Gasteiger partial charge in [0.15, 0.2) is 5.75 Å². The summed E-state index contributed by atoms with van der Waals surface area (Å²) in [5.41, 5.74) is 0.711. The summed E-state index contributed by atoms with van der Waals surface area (Å²) >= 11 is 5.70. The third-order valence-electron chi connectivity index (χ3n) is 2.04. The lowest BCUT2D eigenvalue weighted by Crippen LogP contribution is -2.32. The minimum absolute atomic E-state index is 0.503. The van der Waals surface area contributed by atoms with Gasteiger partial charge in [-0.3, -0.25) is 4.79 Å². The van der Waals surface area contributed by atoms with Crippen LogP contribution in [0.1, 0.15) is 18.5 Å². The van der Waals surface area contributed by atoms with Crippen LogP contribution < -0.4 is 4.72 Å². The Morgan fingerprint density at radius 1 is 1.41 bits per heavy atom. The van der Waals surface area contributed by atoms with E-state index < -0.39 is 27.8 Å². The largest absolute Gasteiger partial charge is 0.480 e. The van der Waals surface area contributed by atoms with Gasteiger partial charge in [-0.2, -0.15) is 0 Å². The first-order chi connectivity index (χ1) is 7.80. The molecule has 94 valence electrons. The molecule has 0 aliphatic rings. The number of sulfonamides is 1. The van der Waals surface area contributed by atoms with Crippen molar-refractivity contribution in [3.8, 4) is 0 Å². The molecule has 0 saturated carbocycles. The highest BCUT2D eigenvalue weighted by atomic mass is 35.5. The predicted molar refractivity (Wildman–Crippen MR) is 64.4 cm³/mol. The molecule has 0 amide bonds. The van der Waals surface area contributed by atoms with Crippen LogP contribution in [0.25, 0.3) is 0 Å². The fraction of sp³-hybridized carbons (Fsp3) is 0.300. The van der Waals surface area contributed by atoms with Crippen molar-refractivity contribution in [1.82, 2.24) is 4.72 Å². The van der Waals surface area contributed by atoms with Crippen LogP contribution in [0.3, 0.4) is 0 Å². The van der Waals surface area contributed by atoms with Crippen molar-refractivity contribution in [3.05, 3.63) is 34.9 Å². The summed E-state index contributed by atoms with van der Waals surface area (Å²) in [5, 5.41) is 8.98. The summed E-state index contributed by atoms with van der Waals surface area (Å²) in [6.07, 6.45) is 0. The number of carboxylic acid groups (broad SMARTS) is 1. The minimum Gasteiger partial charge on any atom is -0.480 e. The molecule has 0 aromatic heterocycles. The average molecular weight is 278 g/mol. The second-order valence-electron chi connectivity index (χ2n) is 3.54. The van der Waals surface area contributed by atoms with E-state index in [1.54, 1.807) is 31.2 Å². The molecular formula is C10H12ClNO4S. The van der Waals surface area contributed by atoms with Crippen LogP contribution in [0.5, 0.6) is 0 Å². The van der Waals surface area contributed by atoms with E-state index in [4.69, 9.17) is 16.7 Å². The summed E-state index contributed by atoms with van der Waals surface area (Å²) in [7, 11) is -3.82. The van der Waals surface area contributed by atoms with Crippen molar-refractivity contribution in [2.24, 2.45) is 0 Å². The van der Waals surface area contributed by atoms with Crippen LogP contribution in [-0.4, -0.2) is 25.2 Å². The highest BCUT2D eigenvalue weighted by molar-refractivity contribution is 7.90. The Morgan fingerprint density at radius 3 is 2.41 bits per heavy atom. The van der Waals surface area contributed by atoms with Gasteiger partial charge in [-0.15, -0.1) is 0 Å². The van der Waals surface area contributed by atoms with Crippen LogP contribution in [0.4, 0.5) is 0 Å². The average Bonchev–Trinajstić information content (AvgIpc) is 2.15. The molecule has 1 atom stereocenters. The number of aliphatic carboxylic acids is 1. The fourth-order valence-corrected chi connectivity index (χ4v) is 2.50. The second kappa shape index (κ2) is 5.48. The second-order valence-corrected chi connectivity index (χ2v) is 5.73. The lowest BCUT2D eigenvalue weighted by molar-refractivity contribution is -0.134. The Kier molecular flexibility index (Phi) is 4.50. The van der Waals surface area contributed by atoms with Gasteiger partial charge in [0.05, 0.1) is 0 Å². The molecule has 0 aliphatic carbocycles. The summed E-state index contributed by atoms with van der Waals surface area (Å²) in [6, 6.07) is 6.13. The van der Waals surface area contributed by atoms with Crippen molar-refractivity contribution in [1.29, 1.82) is 0 Å². The van der Waals surface area contributed by atoms with E-state index in [2.05, 4.69) is 4.72 Å². The van der Waals surface area contributed by atoms with E-state index >= 15 is 0 Å². The molecule has 0 bridgehead atoms. The van der Waals surface area contributed by atoms with E-state index in [-0.39, 0.29) is 0 Å². The predicted octanol–water partition coefficient (Wildman–Crippen LogP) is 1.40. The summed E-state index contributed by atoms with van der Waals surface area (Å²) in [5.74, 6) is -2.33. The third kappa shape index (κ3) is 4.72. The summed E-state index contributed by atoms with van der Waals surface area (Å²) in [6.45, 7) is 1.63. The van der Waals surface area contributed by atoms with Crippen molar-refractivity contribution in [2.75, 3.05) is 5.75 Å². The quantitative estimate of drug-likeness (QED) is 0.852. The molecule has 7 heteroatoms. The monoisotopic (exact) mass is 277 g/mol. The fourth-order valence-electron chi connectivity index (χ4n) is 1.29. The van der Waals surface area contributed by atoms with Gasteiger partial charge in [0, 0.05) is 11.1 Å². The number of rotatable bonds is 5. The lowest BCUT2D eigenvalue weighted by Gasteiger charge is -2.13. The maximum absolute atomic E-state index is 11.4. The Morgan fingerprint density at radius 2 is 1.94 bits per heavy atom. The van der Waals surface area contributed by atoms with Crippen LogP contribution in [-0.2, 0) is 14.8 Å². The lowest BCUT2D eigenvalue weighted by atomic mass is 10.1. The van der Waals surface area contributed by atoms with Gasteiger partial charge in [-0.1, -0.05) is 23.7 Å². The molecule has 0 aliphatic heterocycles. The number of hydrogen-bond acceptors (Lipinski definition) is 3. The molecule has 17 heavy (non-hydrogen) atoms. The summed E-state index contributed by atoms with van der Waals surface area (Å²) < 4.78 is 25.0. The summed E-state index contributed by atoms with van der Waals surface area (Å²) in [4.78, 5) is 10.3. The van der Waals surface area contributed by atoms with Gasteiger partial charge in [-0.05, 0) is 24.6 Å². The maximum atomic E-state index is 11.4. The SMILES string of the molecule is C[C@H](NS(=O)(=O)CC(=O)O)c1ccc(Cl)cc1. The Balaban J connectivity index is 2.75. The maximum Gasteiger partial charge on any atom is 0.320 e. The van der Waals surface area contributed by atoms with Crippen LogP contribution >= 0.6 is 11.6 Å². The van der Waals surface area contributed by atoms with Crippen LogP contribution in [0.15, 0.2) is 24.3 Å². The van der Waals surface area contributed by atoms with Gasteiger partial charge < -0.3 is 5.11 Å². The van der Waals surface area contributed by atoms with Crippen molar-refractivity contribution < 1.29 is 18.3 Å².